The molecule has 1 unspecified atom stereocenters. The highest BCUT2D eigenvalue weighted by molar-refractivity contribution is 6.27. The van der Waals surface area contributed by atoms with Gasteiger partial charge in [0.05, 0.1) is 6.54 Å². The molecule has 8 nitrogen and oxygen atoms in total. The number of rotatable bonds is 6. The van der Waals surface area contributed by atoms with Gasteiger partial charge in [-0.3, -0.25) is 28.9 Å². The highest BCUT2D eigenvalue weighted by atomic mass is 16.7. The van der Waals surface area contributed by atoms with E-state index >= 15 is 0 Å². The van der Waals surface area contributed by atoms with Crippen molar-refractivity contribution >= 4 is 29.8 Å². The third kappa shape index (κ3) is 3.80. The van der Waals surface area contributed by atoms with Crippen molar-refractivity contribution in [3.63, 3.8) is 0 Å². The smallest absolute Gasteiger partial charge is 0.324 e. The lowest BCUT2D eigenvalue weighted by Crippen LogP contribution is -2.47. The highest BCUT2D eigenvalue weighted by Gasteiger charge is 2.44. The van der Waals surface area contributed by atoms with Crippen LogP contribution in [0, 0.1) is 5.92 Å². The van der Waals surface area contributed by atoms with Crippen LogP contribution in [0.25, 0.3) is 0 Å². The van der Waals surface area contributed by atoms with E-state index < -0.39 is 41.3 Å². The number of cyclic esters (lactones) is 2. The Kier molecular flexibility index (Phi) is 4.93. The maximum atomic E-state index is 12.5. The second kappa shape index (κ2) is 7.03. The summed E-state index contributed by atoms with van der Waals surface area (Å²) in [5, 5.41) is 0. The number of carbonyl (C=O) groups is 5. The van der Waals surface area contributed by atoms with E-state index in [-0.39, 0.29) is 19.3 Å². The molecule has 2 aliphatic rings. The number of hydrogen-bond donors (Lipinski definition) is 0. The molecule has 1 atom stereocenters. The second-order valence-corrected chi connectivity index (χ2v) is 7.06. The van der Waals surface area contributed by atoms with Crippen LogP contribution in [0.1, 0.15) is 37.4 Å². The number of ether oxygens (including phenoxy) is 2. The molecular formula is C19H19NO7. The summed E-state index contributed by atoms with van der Waals surface area (Å²) in [7, 11) is 0. The molecule has 0 amide bonds. The molecule has 2 heterocycles. The van der Waals surface area contributed by atoms with Crippen LogP contribution < -0.4 is 0 Å². The van der Waals surface area contributed by atoms with Gasteiger partial charge in [0.2, 0.25) is 5.78 Å². The van der Waals surface area contributed by atoms with Crippen LogP contribution in [0.15, 0.2) is 24.3 Å². The average Bonchev–Trinajstić information content (AvgIpc) is 2.94. The lowest BCUT2D eigenvalue weighted by atomic mass is 10.00. The van der Waals surface area contributed by atoms with Gasteiger partial charge in [0.15, 0.2) is 12.2 Å². The normalized spacial score (nSPS) is 21.9. The van der Waals surface area contributed by atoms with E-state index in [1.807, 2.05) is 12.1 Å². The number of carbonyl (C=O) groups excluding carboxylic acids is 5. The molecule has 8 heteroatoms. The molecule has 3 rings (SSSR count). The van der Waals surface area contributed by atoms with Gasteiger partial charge >= 0.3 is 11.9 Å². The molecule has 1 aromatic rings. The van der Waals surface area contributed by atoms with E-state index in [0.717, 1.165) is 5.56 Å². The number of fused-ring (bicyclic) bond motifs is 1. The quantitative estimate of drug-likeness (QED) is 0.311. The Morgan fingerprint density at radius 1 is 1.19 bits per heavy atom. The fraction of sp³-hybridized carbons (Fsp3) is 0.421. The largest absolute Gasteiger partial charge is 0.422 e. The summed E-state index contributed by atoms with van der Waals surface area (Å²) in [6.45, 7) is 2.99. The van der Waals surface area contributed by atoms with Crippen molar-refractivity contribution in [3.05, 3.63) is 35.4 Å². The first-order valence-corrected chi connectivity index (χ1v) is 8.50. The molecule has 0 bridgehead atoms. The van der Waals surface area contributed by atoms with Crippen LogP contribution in [0.2, 0.25) is 0 Å². The zero-order chi connectivity index (χ0) is 19.8. The van der Waals surface area contributed by atoms with E-state index in [0.29, 0.717) is 12.1 Å². The zero-order valence-corrected chi connectivity index (χ0v) is 15.0. The summed E-state index contributed by atoms with van der Waals surface area (Å²) < 4.78 is 10.0. The van der Waals surface area contributed by atoms with Gasteiger partial charge < -0.3 is 9.47 Å². The summed E-state index contributed by atoms with van der Waals surface area (Å²) in [5.41, 5.74) is 1.53. The molecule has 27 heavy (non-hydrogen) atoms. The maximum absolute atomic E-state index is 12.5. The summed E-state index contributed by atoms with van der Waals surface area (Å²) in [6, 6.07) is 6.28. The third-order valence-electron chi connectivity index (χ3n) is 4.55. The van der Waals surface area contributed by atoms with Crippen molar-refractivity contribution in [3.8, 4) is 0 Å². The van der Waals surface area contributed by atoms with E-state index in [1.165, 1.54) is 13.8 Å². The van der Waals surface area contributed by atoms with E-state index in [4.69, 9.17) is 9.47 Å². The molecule has 0 aromatic heterocycles. The van der Waals surface area contributed by atoms with Crippen LogP contribution >= 0.6 is 0 Å². The molecule has 0 spiro atoms. The number of hydrogen-bond acceptors (Lipinski definition) is 8. The van der Waals surface area contributed by atoms with Gasteiger partial charge in [0, 0.05) is 26.8 Å². The molecular weight excluding hydrogens is 354 g/mol. The Morgan fingerprint density at radius 2 is 1.81 bits per heavy atom. The number of nitrogens with zero attached hydrogens (tertiary/aromatic N) is 1. The van der Waals surface area contributed by atoms with Gasteiger partial charge in [0.1, 0.15) is 11.8 Å². The predicted octanol–water partition coefficient (Wildman–Crippen LogP) is 0.723. The van der Waals surface area contributed by atoms with Crippen LogP contribution in [0.4, 0.5) is 0 Å². The second-order valence-electron chi connectivity index (χ2n) is 7.06. The number of aldehydes is 1. The Balaban J connectivity index is 1.71. The van der Waals surface area contributed by atoms with Crippen molar-refractivity contribution in [1.29, 1.82) is 0 Å². The third-order valence-corrected chi connectivity index (χ3v) is 4.55. The SMILES string of the molecule is CC1(C)OC(=O)C(CC(=O)CN2Cc3ccccc3C2C(=O)C=O)C(=O)O1. The van der Waals surface area contributed by atoms with Crippen molar-refractivity contribution in [1.82, 2.24) is 4.90 Å². The van der Waals surface area contributed by atoms with Crippen LogP contribution in [-0.4, -0.2) is 47.0 Å². The van der Waals surface area contributed by atoms with Crippen LogP contribution in [0.5, 0.6) is 0 Å². The van der Waals surface area contributed by atoms with Gasteiger partial charge in [-0.1, -0.05) is 24.3 Å². The average molecular weight is 373 g/mol. The number of esters is 2. The summed E-state index contributed by atoms with van der Waals surface area (Å²) in [4.78, 5) is 61.1. The highest BCUT2D eigenvalue weighted by Crippen LogP contribution is 2.34. The van der Waals surface area contributed by atoms with Crippen LogP contribution in [0.3, 0.4) is 0 Å². The lowest BCUT2D eigenvalue weighted by Gasteiger charge is -2.32. The van der Waals surface area contributed by atoms with Gasteiger partial charge in [-0.2, -0.15) is 0 Å². The minimum atomic E-state index is -1.36. The summed E-state index contributed by atoms with van der Waals surface area (Å²) in [5.74, 6) is -5.37. The summed E-state index contributed by atoms with van der Waals surface area (Å²) in [6.07, 6.45) is -0.148. The summed E-state index contributed by atoms with van der Waals surface area (Å²) >= 11 is 0. The van der Waals surface area contributed by atoms with Crippen molar-refractivity contribution in [2.45, 2.75) is 38.6 Å². The molecule has 1 fully saturated rings. The minimum absolute atomic E-state index is 0.181. The van der Waals surface area contributed by atoms with E-state index in [2.05, 4.69) is 0 Å². The fourth-order valence-corrected chi connectivity index (χ4v) is 3.43. The predicted molar refractivity (Wildman–Crippen MR) is 90.0 cm³/mol. The van der Waals surface area contributed by atoms with Gasteiger partial charge in [0.25, 0.3) is 5.79 Å². The molecule has 0 radical (unpaired) electrons. The monoisotopic (exact) mass is 373 g/mol. The molecule has 0 saturated carbocycles. The first-order chi connectivity index (χ1) is 12.7. The maximum Gasteiger partial charge on any atom is 0.324 e. The Morgan fingerprint density at radius 3 is 2.44 bits per heavy atom. The molecule has 2 aliphatic heterocycles. The molecule has 0 N–H and O–H groups in total. The van der Waals surface area contributed by atoms with E-state index in [9.17, 15) is 24.0 Å². The number of Topliss-reactive ketones (excluding diaryl/α,β-unsaturated/α-hetero) is 2. The number of benzene rings is 1. The first kappa shape index (κ1) is 18.9. The van der Waals surface area contributed by atoms with E-state index in [1.54, 1.807) is 17.0 Å². The van der Waals surface area contributed by atoms with Gasteiger partial charge in [-0.05, 0) is 11.1 Å². The molecule has 1 saturated heterocycles. The van der Waals surface area contributed by atoms with Crippen LogP contribution in [-0.2, 0) is 40.0 Å². The number of ketones is 2. The van der Waals surface area contributed by atoms with Crippen molar-refractivity contribution in [2.24, 2.45) is 5.92 Å². The topological polar surface area (TPSA) is 107 Å². The van der Waals surface area contributed by atoms with Crippen molar-refractivity contribution in [2.75, 3.05) is 6.54 Å². The molecule has 0 aliphatic carbocycles. The lowest BCUT2D eigenvalue weighted by molar-refractivity contribution is -0.240. The Hall–Kier alpha value is -2.87. The molecule has 1 aromatic carbocycles. The first-order valence-electron chi connectivity index (χ1n) is 8.50. The van der Waals surface area contributed by atoms with Gasteiger partial charge in [-0.25, -0.2) is 0 Å². The fourth-order valence-electron chi connectivity index (χ4n) is 3.43. The Labute approximate surface area is 155 Å². The zero-order valence-electron chi connectivity index (χ0n) is 15.0. The minimum Gasteiger partial charge on any atom is -0.422 e. The standard InChI is InChI=1S/C19H19NO7/c1-19(2)26-17(24)14(18(25)27-19)7-12(22)9-20-8-11-5-3-4-6-13(11)16(20)15(23)10-21/h3-6,10,14,16H,7-9H2,1-2H3. The Bertz CT molecular complexity index is 809. The van der Waals surface area contributed by atoms with Gasteiger partial charge in [-0.15, -0.1) is 0 Å². The van der Waals surface area contributed by atoms with Crippen molar-refractivity contribution < 1.29 is 33.4 Å². The molecule has 142 valence electrons.